The highest BCUT2D eigenvalue weighted by Gasteiger charge is 2.21. The number of ether oxygens (including phenoxy) is 1. The molecule has 0 radical (unpaired) electrons. The van der Waals surface area contributed by atoms with E-state index in [2.05, 4.69) is 10.1 Å². The molecule has 0 aliphatic carbocycles. The lowest BCUT2D eigenvalue weighted by atomic mass is 10.1. The maximum Gasteiger partial charge on any atom is 0.337 e. The van der Waals surface area contributed by atoms with Gasteiger partial charge in [-0.3, -0.25) is 9.59 Å². The number of likely N-dealkylation sites (tertiary alicyclic amines) is 1. The van der Waals surface area contributed by atoms with Crippen LogP contribution in [0.2, 0.25) is 0 Å². The Balaban J connectivity index is 1.76. The van der Waals surface area contributed by atoms with Gasteiger partial charge in [0.1, 0.15) is 0 Å². The molecule has 1 aliphatic heterocycles. The molecule has 0 saturated carbocycles. The number of rotatable bonds is 4. The number of methoxy groups -OCH3 is 1. The predicted octanol–water partition coefficient (Wildman–Crippen LogP) is 3.74. The number of carbonyl (C=O) groups excluding carboxylic acids is 3. The zero-order valence-corrected chi connectivity index (χ0v) is 15.9. The van der Waals surface area contributed by atoms with Gasteiger partial charge in [0, 0.05) is 18.7 Å². The lowest BCUT2D eigenvalue weighted by Gasteiger charge is -2.22. The van der Waals surface area contributed by atoms with E-state index in [9.17, 15) is 14.4 Å². The van der Waals surface area contributed by atoms with Gasteiger partial charge in [0.2, 0.25) is 0 Å². The van der Waals surface area contributed by atoms with Crippen LogP contribution in [-0.4, -0.2) is 42.9 Å². The van der Waals surface area contributed by atoms with Crippen LogP contribution in [0.25, 0.3) is 0 Å². The Morgan fingerprint density at radius 2 is 1.46 bits per heavy atom. The lowest BCUT2D eigenvalue weighted by molar-refractivity contribution is 0.0600. The first-order valence-electron chi connectivity index (χ1n) is 9.48. The van der Waals surface area contributed by atoms with Crippen molar-refractivity contribution >= 4 is 23.5 Å². The second-order valence-corrected chi connectivity index (χ2v) is 6.78. The minimum Gasteiger partial charge on any atom is -0.465 e. The van der Waals surface area contributed by atoms with Crippen LogP contribution in [-0.2, 0) is 4.74 Å². The average Bonchev–Trinajstić information content (AvgIpc) is 3.03. The number of hydrogen-bond donors (Lipinski definition) is 1. The molecule has 0 aromatic heterocycles. The number of amides is 2. The van der Waals surface area contributed by atoms with E-state index in [0.29, 0.717) is 22.4 Å². The number of carbonyl (C=O) groups is 3. The molecule has 1 saturated heterocycles. The third-order valence-electron chi connectivity index (χ3n) is 4.87. The van der Waals surface area contributed by atoms with Crippen LogP contribution in [0.5, 0.6) is 0 Å². The summed E-state index contributed by atoms with van der Waals surface area (Å²) in [6, 6.07) is 13.2. The Labute approximate surface area is 164 Å². The minimum absolute atomic E-state index is 0.0566. The van der Waals surface area contributed by atoms with E-state index in [1.54, 1.807) is 36.4 Å². The summed E-state index contributed by atoms with van der Waals surface area (Å²) >= 11 is 0. The minimum atomic E-state index is -0.458. The fourth-order valence-electron chi connectivity index (χ4n) is 3.29. The molecule has 28 heavy (non-hydrogen) atoms. The summed E-state index contributed by atoms with van der Waals surface area (Å²) in [5.74, 6) is -0.855. The van der Waals surface area contributed by atoms with E-state index >= 15 is 0 Å². The van der Waals surface area contributed by atoms with Crippen LogP contribution in [0.3, 0.4) is 0 Å². The van der Waals surface area contributed by atoms with Crippen LogP contribution in [0, 0.1) is 0 Å². The molecule has 1 fully saturated rings. The quantitative estimate of drug-likeness (QED) is 0.820. The fraction of sp³-hybridized carbons (Fsp3) is 0.318. The number of hydrogen-bond acceptors (Lipinski definition) is 4. The number of anilines is 1. The van der Waals surface area contributed by atoms with E-state index in [4.69, 9.17) is 0 Å². The molecule has 0 bridgehead atoms. The third kappa shape index (κ3) is 4.57. The largest absolute Gasteiger partial charge is 0.465 e. The van der Waals surface area contributed by atoms with Gasteiger partial charge in [-0.15, -0.1) is 0 Å². The fourth-order valence-corrected chi connectivity index (χ4v) is 3.29. The van der Waals surface area contributed by atoms with Crippen molar-refractivity contribution in [2.45, 2.75) is 25.7 Å². The SMILES string of the molecule is COC(=O)c1ccc(C(=O)Nc2ccccc2C(=O)N2CCCCCC2)cc1. The summed E-state index contributed by atoms with van der Waals surface area (Å²) in [5.41, 5.74) is 1.74. The number of nitrogens with zero attached hydrogens (tertiary/aromatic N) is 1. The molecular formula is C22H24N2O4. The molecule has 2 aromatic carbocycles. The highest BCUT2D eigenvalue weighted by atomic mass is 16.5. The molecule has 2 aromatic rings. The van der Waals surface area contributed by atoms with E-state index in [-0.39, 0.29) is 11.8 Å². The van der Waals surface area contributed by atoms with Gasteiger partial charge >= 0.3 is 5.97 Å². The Morgan fingerprint density at radius 3 is 2.11 bits per heavy atom. The summed E-state index contributed by atoms with van der Waals surface area (Å²) in [5, 5.41) is 2.82. The van der Waals surface area contributed by atoms with Crippen molar-refractivity contribution in [1.29, 1.82) is 0 Å². The molecule has 1 N–H and O–H groups in total. The van der Waals surface area contributed by atoms with E-state index < -0.39 is 5.97 Å². The zero-order valence-electron chi connectivity index (χ0n) is 15.9. The maximum absolute atomic E-state index is 13.0. The van der Waals surface area contributed by atoms with Gasteiger partial charge in [0.05, 0.1) is 23.9 Å². The number of nitrogens with one attached hydrogen (secondary N) is 1. The number of para-hydroxylation sites is 1. The van der Waals surface area contributed by atoms with Gasteiger partial charge < -0.3 is 15.0 Å². The van der Waals surface area contributed by atoms with Gasteiger partial charge in [-0.1, -0.05) is 25.0 Å². The molecule has 1 aliphatic rings. The maximum atomic E-state index is 13.0. The first-order valence-corrected chi connectivity index (χ1v) is 9.48. The average molecular weight is 380 g/mol. The molecule has 6 heteroatoms. The van der Waals surface area contributed by atoms with Crippen molar-refractivity contribution in [2.24, 2.45) is 0 Å². The Kier molecular flexibility index (Phi) is 6.42. The first-order chi connectivity index (χ1) is 13.6. The van der Waals surface area contributed by atoms with Crippen molar-refractivity contribution in [3.05, 3.63) is 65.2 Å². The molecule has 1 heterocycles. The van der Waals surface area contributed by atoms with Crippen LogP contribution in [0.1, 0.15) is 56.8 Å². The van der Waals surface area contributed by atoms with Crippen LogP contribution < -0.4 is 5.32 Å². The normalized spacial score (nSPS) is 14.1. The summed E-state index contributed by atoms with van der Waals surface area (Å²) in [4.78, 5) is 39.0. The highest BCUT2D eigenvalue weighted by molar-refractivity contribution is 6.09. The highest BCUT2D eigenvalue weighted by Crippen LogP contribution is 2.21. The van der Waals surface area contributed by atoms with Crippen LogP contribution >= 0.6 is 0 Å². The molecule has 3 rings (SSSR count). The second-order valence-electron chi connectivity index (χ2n) is 6.78. The topological polar surface area (TPSA) is 75.7 Å². The molecule has 0 atom stereocenters. The van der Waals surface area contributed by atoms with E-state index in [1.807, 2.05) is 4.90 Å². The zero-order chi connectivity index (χ0) is 19.9. The second kappa shape index (κ2) is 9.17. The molecular weight excluding hydrogens is 356 g/mol. The first kappa shape index (κ1) is 19.6. The molecule has 0 unspecified atom stereocenters. The van der Waals surface area contributed by atoms with Crippen molar-refractivity contribution in [2.75, 3.05) is 25.5 Å². The summed E-state index contributed by atoms with van der Waals surface area (Å²) in [6.45, 7) is 1.49. The summed E-state index contributed by atoms with van der Waals surface area (Å²) < 4.78 is 4.66. The van der Waals surface area contributed by atoms with Gasteiger partial charge in [-0.2, -0.15) is 0 Å². The Hall–Kier alpha value is -3.15. The van der Waals surface area contributed by atoms with Crippen molar-refractivity contribution in [3.63, 3.8) is 0 Å². The van der Waals surface area contributed by atoms with Gasteiger partial charge in [0.15, 0.2) is 0 Å². The third-order valence-corrected chi connectivity index (χ3v) is 4.87. The van der Waals surface area contributed by atoms with Crippen molar-refractivity contribution in [3.8, 4) is 0 Å². The molecule has 6 nitrogen and oxygen atoms in total. The lowest BCUT2D eigenvalue weighted by Crippen LogP contribution is -2.32. The summed E-state index contributed by atoms with van der Waals surface area (Å²) in [7, 11) is 1.31. The predicted molar refractivity (Wildman–Crippen MR) is 107 cm³/mol. The Bertz CT molecular complexity index is 853. The van der Waals surface area contributed by atoms with Crippen LogP contribution in [0.4, 0.5) is 5.69 Å². The van der Waals surface area contributed by atoms with Crippen molar-refractivity contribution in [1.82, 2.24) is 4.90 Å². The standard InChI is InChI=1S/C22H24N2O4/c1-28-22(27)17-12-10-16(11-13-17)20(25)23-19-9-5-4-8-18(19)21(26)24-14-6-2-3-7-15-24/h4-5,8-13H,2-3,6-7,14-15H2,1H3,(H,23,25). The molecule has 146 valence electrons. The number of benzene rings is 2. The monoisotopic (exact) mass is 380 g/mol. The van der Waals surface area contributed by atoms with Crippen molar-refractivity contribution < 1.29 is 19.1 Å². The van der Waals surface area contributed by atoms with Gasteiger partial charge in [-0.25, -0.2) is 4.79 Å². The number of esters is 1. The van der Waals surface area contributed by atoms with Gasteiger partial charge in [-0.05, 0) is 49.2 Å². The van der Waals surface area contributed by atoms with E-state index in [1.165, 1.54) is 19.2 Å². The van der Waals surface area contributed by atoms with Crippen LogP contribution in [0.15, 0.2) is 48.5 Å². The Morgan fingerprint density at radius 1 is 0.857 bits per heavy atom. The smallest absolute Gasteiger partial charge is 0.337 e. The van der Waals surface area contributed by atoms with Gasteiger partial charge in [0.25, 0.3) is 11.8 Å². The molecule has 2 amide bonds. The molecule has 0 spiro atoms. The summed E-state index contributed by atoms with van der Waals surface area (Å²) in [6.07, 6.45) is 4.30. The van der Waals surface area contributed by atoms with E-state index in [0.717, 1.165) is 38.8 Å².